The molecule has 144 valence electrons. The number of aromatic nitrogens is 1. The molecule has 0 bridgehead atoms. The Hall–Kier alpha value is -1.18. The number of amides is 1. The van der Waals surface area contributed by atoms with Crippen LogP contribution in [-0.2, 0) is 19.5 Å². The van der Waals surface area contributed by atoms with Gasteiger partial charge in [-0.05, 0) is 24.0 Å². The van der Waals surface area contributed by atoms with Crippen LogP contribution >= 0.6 is 36.2 Å². The molecule has 0 aliphatic carbocycles. The standard InChI is InChI=1S/C18H24N4OS.2ClH/c1-2-15(10-20-18(23)16-12-24-17(9-19)21-16)22-8-7-13-5-3-4-6-14(13)11-22;;/h3-6,12,15H,2,7-11,19H2,1H3,(H,20,23);2*1H. The van der Waals surface area contributed by atoms with Crippen LogP contribution in [-0.4, -0.2) is 34.9 Å². The summed E-state index contributed by atoms with van der Waals surface area (Å²) < 4.78 is 0. The fourth-order valence-electron chi connectivity index (χ4n) is 3.17. The fourth-order valence-corrected chi connectivity index (χ4v) is 3.83. The molecule has 1 aliphatic heterocycles. The highest BCUT2D eigenvalue weighted by molar-refractivity contribution is 7.09. The molecule has 3 N–H and O–H groups in total. The predicted molar refractivity (Wildman–Crippen MR) is 111 cm³/mol. The third kappa shape index (κ3) is 5.41. The molecule has 1 atom stereocenters. The van der Waals surface area contributed by atoms with E-state index in [4.69, 9.17) is 5.73 Å². The van der Waals surface area contributed by atoms with Crippen molar-refractivity contribution < 1.29 is 4.79 Å². The molecule has 1 amide bonds. The minimum Gasteiger partial charge on any atom is -0.349 e. The maximum absolute atomic E-state index is 12.2. The first-order chi connectivity index (χ1) is 11.7. The number of carbonyl (C=O) groups excluding carboxylic acids is 1. The van der Waals surface area contributed by atoms with Crippen molar-refractivity contribution in [2.45, 2.75) is 38.9 Å². The van der Waals surface area contributed by atoms with Crippen molar-refractivity contribution in [3.05, 3.63) is 51.5 Å². The lowest BCUT2D eigenvalue weighted by atomic mass is 9.98. The number of hydrogen-bond acceptors (Lipinski definition) is 5. The van der Waals surface area contributed by atoms with Crippen molar-refractivity contribution in [3.8, 4) is 0 Å². The Balaban J connectivity index is 0.00000169. The van der Waals surface area contributed by atoms with Crippen molar-refractivity contribution in [2.24, 2.45) is 5.73 Å². The molecule has 0 radical (unpaired) electrons. The number of fused-ring (bicyclic) bond motifs is 1. The molecule has 2 heterocycles. The molecule has 2 aromatic rings. The summed E-state index contributed by atoms with van der Waals surface area (Å²) in [6.45, 7) is 5.19. The number of thiazole rings is 1. The average Bonchev–Trinajstić information content (AvgIpc) is 3.11. The topological polar surface area (TPSA) is 71.2 Å². The number of halogens is 2. The number of carbonyl (C=O) groups is 1. The highest BCUT2D eigenvalue weighted by Crippen LogP contribution is 2.21. The molecule has 26 heavy (non-hydrogen) atoms. The molecular weight excluding hydrogens is 391 g/mol. The van der Waals surface area contributed by atoms with Gasteiger partial charge >= 0.3 is 0 Å². The van der Waals surface area contributed by atoms with Crippen LogP contribution in [0.4, 0.5) is 0 Å². The lowest BCUT2D eigenvalue weighted by Crippen LogP contribution is -2.45. The molecule has 5 nitrogen and oxygen atoms in total. The van der Waals surface area contributed by atoms with E-state index in [0.717, 1.165) is 30.9 Å². The van der Waals surface area contributed by atoms with Gasteiger partial charge < -0.3 is 11.1 Å². The molecule has 3 rings (SSSR count). The number of nitrogens with two attached hydrogens (primary N) is 1. The van der Waals surface area contributed by atoms with Crippen molar-refractivity contribution in [3.63, 3.8) is 0 Å². The first kappa shape index (κ1) is 22.9. The molecule has 1 aromatic heterocycles. The van der Waals surface area contributed by atoms with Gasteiger partial charge in [0.05, 0.1) is 0 Å². The van der Waals surface area contributed by atoms with Gasteiger partial charge in [0.1, 0.15) is 10.7 Å². The second kappa shape index (κ2) is 10.8. The Kier molecular flexibility index (Phi) is 9.54. The normalized spacial score (nSPS) is 14.5. The van der Waals surface area contributed by atoms with Crippen LogP contribution in [0.15, 0.2) is 29.6 Å². The van der Waals surface area contributed by atoms with Crippen LogP contribution in [0.2, 0.25) is 0 Å². The molecule has 0 spiro atoms. The van der Waals surface area contributed by atoms with Gasteiger partial charge in [0, 0.05) is 37.6 Å². The second-order valence-corrected chi connectivity index (χ2v) is 7.03. The average molecular weight is 417 g/mol. The Labute approximate surface area is 171 Å². The summed E-state index contributed by atoms with van der Waals surface area (Å²) in [5.41, 5.74) is 8.88. The molecule has 1 aromatic carbocycles. The van der Waals surface area contributed by atoms with E-state index in [-0.39, 0.29) is 30.7 Å². The summed E-state index contributed by atoms with van der Waals surface area (Å²) in [6, 6.07) is 8.97. The minimum atomic E-state index is -0.109. The predicted octanol–water partition coefficient (Wildman–Crippen LogP) is 3.01. The summed E-state index contributed by atoms with van der Waals surface area (Å²) in [4.78, 5) is 19.0. The van der Waals surface area contributed by atoms with Crippen molar-refractivity contribution >= 4 is 42.1 Å². The van der Waals surface area contributed by atoms with E-state index in [1.807, 2.05) is 0 Å². The van der Waals surface area contributed by atoms with Crippen molar-refractivity contribution in [1.82, 2.24) is 15.2 Å². The number of hydrogen-bond donors (Lipinski definition) is 2. The third-order valence-corrected chi connectivity index (χ3v) is 5.48. The molecular formula is C18H26Cl2N4OS. The molecule has 0 fully saturated rings. The van der Waals surface area contributed by atoms with Gasteiger partial charge in [-0.3, -0.25) is 9.69 Å². The van der Waals surface area contributed by atoms with Crippen LogP contribution in [0.25, 0.3) is 0 Å². The molecule has 0 saturated carbocycles. The van der Waals surface area contributed by atoms with Crippen LogP contribution in [0, 0.1) is 0 Å². The minimum absolute atomic E-state index is 0. The zero-order valence-electron chi connectivity index (χ0n) is 14.8. The van der Waals surface area contributed by atoms with Crippen LogP contribution in [0.5, 0.6) is 0 Å². The van der Waals surface area contributed by atoms with E-state index in [1.165, 1.54) is 22.5 Å². The summed E-state index contributed by atoms with van der Waals surface area (Å²) >= 11 is 1.43. The second-order valence-electron chi connectivity index (χ2n) is 6.09. The zero-order chi connectivity index (χ0) is 16.9. The van der Waals surface area contributed by atoms with E-state index < -0.39 is 0 Å². The van der Waals surface area contributed by atoms with E-state index >= 15 is 0 Å². The smallest absolute Gasteiger partial charge is 0.270 e. The van der Waals surface area contributed by atoms with Crippen LogP contribution < -0.4 is 11.1 Å². The number of rotatable bonds is 6. The van der Waals surface area contributed by atoms with Crippen molar-refractivity contribution in [2.75, 3.05) is 13.1 Å². The summed E-state index contributed by atoms with van der Waals surface area (Å²) in [5.74, 6) is -0.109. The number of benzene rings is 1. The maximum atomic E-state index is 12.2. The number of nitrogens with one attached hydrogen (secondary N) is 1. The van der Waals surface area contributed by atoms with Gasteiger partial charge in [-0.15, -0.1) is 36.2 Å². The Bertz CT molecular complexity index is 710. The van der Waals surface area contributed by atoms with Gasteiger partial charge in [-0.25, -0.2) is 4.98 Å². The SMILES string of the molecule is CCC(CNC(=O)c1csc(CN)n1)N1CCc2ccccc2C1.Cl.Cl. The van der Waals surface area contributed by atoms with E-state index in [1.54, 1.807) is 5.38 Å². The maximum Gasteiger partial charge on any atom is 0.270 e. The Morgan fingerprint density at radius 2 is 2.08 bits per heavy atom. The summed E-state index contributed by atoms with van der Waals surface area (Å²) in [7, 11) is 0. The van der Waals surface area contributed by atoms with Gasteiger partial charge in [-0.2, -0.15) is 0 Å². The molecule has 1 aliphatic rings. The fraction of sp³-hybridized carbons (Fsp3) is 0.444. The monoisotopic (exact) mass is 416 g/mol. The molecule has 1 unspecified atom stereocenters. The van der Waals surface area contributed by atoms with Gasteiger partial charge in [-0.1, -0.05) is 31.2 Å². The largest absolute Gasteiger partial charge is 0.349 e. The summed E-state index contributed by atoms with van der Waals surface area (Å²) in [5, 5.41) is 5.60. The molecule has 0 saturated heterocycles. The lowest BCUT2D eigenvalue weighted by Gasteiger charge is -2.35. The zero-order valence-corrected chi connectivity index (χ0v) is 17.3. The van der Waals surface area contributed by atoms with Crippen LogP contribution in [0.3, 0.4) is 0 Å². The van der Waals surface area contributed by atoms with E-state index in [2.05, 4.69) is 46.4 Å². The highest BCUT2D eigenvalue weighted by Gasteiger charge is 2.23. The van der Waals surface area contributed by atoms with Gasteiger partial charge in [0.25, 0.3) is 5.91 Å². The molecule has 8 heteroatoms. The third-order valence-electron chi connectivity index (χ3n) is 4.61. The highest BCUT2D eigenvalue weighted by atomic mass is 35.5. The number of nitrogens with zero attached hydrogens (tertiary/aromatic N) is 2. The quantitative estimate of drug-likeness (QED) is 0.758. The first-order valence-corrected chi connectivity index (χ1v) is 9.32. The van der Waals surface area contributed by atoms with Gasteiger partial charge in [0.15, 0.2) is 0 Å². The van der Waals surface area contributed by atoms with E-state index in [9.17, 15) is 4.79 Å². The Morgan fingerprint density at radius 3 is 2.73 bits per heavy atom. The Morgan fingerprint density at radius 1 is 1.35 bits per heavy atom. The first-order valence-electron chi connectivity index (χ1n) is 8.44. The van der Waals surface area contributed by atoms with Gasteiger partial charge in [0.2, 0.25) is 0 Å². The van der Waals surface area contributed by atoms with Crippen LogP contribution in [0.1, 0.15) is 40.0 Å². The van der Waals surface area contributed by atoms with Crippen molar-refractivity contribution in [1.29, 1.82) is 0 Å². The lowest BCUT2D eigenvalue weighted by molar-refractivity contribution is 0.0922. The van der Waals surface area contributed by atoms with E-state index in [0.29, 0.717) is 24.8 Å². The summed E-state index contributed by atoms with van der Waals surface area (Å²) in [6.07, 6.45) is 2.08.